The molecule has 1 N–H and O–H groups in total. The molecule has 0 aromatic heterocycles. The molecule has 134 valence electrons. The normalized spacial score (nSPS) is 22.3. The third-order valence-corrected chi connectivity index (χ3v) is 5.24. The number of fused-ring (bicyclic) bond motifs is 1. The largest absolute Gasteiger partial charge is 0.396 e. The lowest BCUT2D eigenvalue weighted by atomic mass is 10.00. The van der Waals surface area contributed by atoms with Gasteiger partial charge in [-0.15, -0.1) is 0 Å². The Morgan fingerprint density at radius 3 is 2.32 bits per heavy atom. The first-order valence-corrected chi connectivity index (χ1v) is 8.80. The number of nitrogens with zero attached hydrogens (tertiary/aromatic N) is 2. The van der Waals surface area contributed by atoms with Gasteiger partial charge >= 0.3 is 0 Å². The molecule has 3 amide bonds. The SMILES string of the molecule is CC(CC(C)N1C(=O)c2ccccc2C1=O)C(=O)N1CC[C@H](CO)C1. The standard InChI is InChI=1S/C19H24N2O4/c1-12(17(23)20-8-7-14(10-20)11-22)9-13(2)21-18(24)15-5-3-4-6-16(15)19(21)25/h3-6,12-14,22H,7-11H2,1-2H3/t12?,13?,14-/m0/s1. The highest BCUT2D eigenvalue weighted by Gasteiger charge is 2.39. The first-order chi connectivity index (χ1) is 11.9. The monoisotopic (exact) mass is 344 g/mol. The van der Waals surface area contributed by atoms with Crippen LogP contribution in [0.4, 0.5) is 0 Å². The number of hydrogen-bond donors (Lipinski definition) is 1. The van der Waals surface area contributed by atoms with Crippen LogP contribution in [0.3, 0.4) is 0 Å². The maximum Gasteiger partial charge on any atom is 0.261 e. The number of carbonyl (C=O) groups is 3. The fraction of sp³-hybridized carbons (Fsp3) is 0.526. The number of imide groups is 1. The number of hydrogen-bond acceptors (Lipinski definition) is 4. The Morgan fingerprint density at radius 1 is 1.20 bits per heavy atom. The zero-order valence-electron chi connectivity index (χ0n) is 14.6. The summed E-state index contributed by atoms with van der Waals surface area (Å²) in [5, 5.41) is 9.22. The van der Waals surface area contributed by atoms with Gasteiger partial charge in [0, 0.05) is 37.6 Å². The van der Waals surface area contributed by atoms with Crippen LogP contribution in [0.15, 0.2) is 24.3 Å². The third-order valence-electron chi connectivity index (χ3n) is 5.24. The van der Waals surface area contributed by atoms with Gasteiger partial charge in [0.25, 0.3) is 11.8 Å². The van der Waals surface area contributed by atoms with E-state index in [1.165, 1.54) is 4.90 Å². The topological polar surface area (TPSA) is 77.9 Å². The Hall–Kier alpha value is -2.21. The number of rotatable bonds is 5. The molecule has 0 bridgehead atoms. The molecule has 1 saturated heterocycles. The molecular weight excluding hydrogens is 320 g/mol. The molecule has 25 heavy (non-hydrogen) atoms. The number of aliphatic hydroxyl groups is 1. The highest BCUT2D eigenvalue weighted by molar-refractivity contribution is 6.21. The highest BCUT2D eigenvalue weighted by Crippen LogP contribution is 2.27. The van der Waals surface area contributed by atoms with Crippen molar-refractivity contribution in [3.05, 3.63) is 35.4 Å². The molecule has 2 aliphatic rings. The average molecular weight is 344 g/mol. The van der Waals surface area contributed by atoms with Crippen LogP contribution >= 0.6 is 0 Å². The molecule has 0 aliphatic carbocycles. The number of carbonyl (C=O) groups excluding carboxylic acids is 3. The summed E-state index contributed by atoms with van der Waals surface area (Å²) in [5.74, 6) is -0.662. The lowest BCUT2D eigenvalue weighted by Gasteiger charge is -2.27. The molecule has 2 aliphatic heterocycles. The van der Waals surface area contributed by atoms with Gasteiger partial charge in [-0.3, -0.25) is 19.3 Å². The predicted molar refractivity (Wildman–Crippen MR) is 92.0 cm³/mol. The van der Waals surface area contributed by atoms with Crippen LogP contribution < -0.4 is 0 Å². The summed E-state index contributed by atoms with van der Waals surface area (Å²) in [6, 6.07) is 6.47. The van der Waals surface area contributed by atoms with E-state index in [0.29, 0.717) is 30.6 Å². The maximum absolute atomic E-state index is 12.6. The summed E-state index contributed by atoms with van der Waals surface area (Å²) in [5.41, 5.74) is 0.868. The molecule has 1 aromatic carbocycles. The van der Waals surface area contributed by atoms with E-state index in [9.17, 15) is 19.5 Å². The Labute approximate surface area is 147 Å². The van der Waals surface area contributed by atoms with Crippen molar-refractivity contribution >= 4 is 17.7 Å². The Morgan fingerprint density at radius 2 is 1.80 bits per heavy atom. The van der Waals surface area contributed by atoms with Gasteiger partial charge in [0.1, 0.15) is 0 Å². The van der Waals surface area contributed by atoms with Gasteiger partial charge in [0.05, 0.1) is 11.1 Å². The molecule has 6 nitrogen and oxygen atoms in total. The summed E-state index contributed by atoms with van der Waals surface area (Å²) < 4.78 is 0. The van der Waals surface area contributed by atoms with E-state index in [1.54, 1.807) is 29.2 Å². The number of benzene rings is 1. The van der Waals surface area contributed by atoms with Crippen LogP contribution in [0.2, 0.25) is 0 Å². The first-order valence-electron chi connectivity index (χ1n) is 8.80. The van der Waals surface area contributed by atoms with E-state index in [-0.39, 0.29) is 42.2 Å². The fourth-order valence-electron chi connectivity index (χ4n) is 3.82. The predicted octanol–water partition coefficient (Wildman–Crippen LogP) is 1.54. The van der Waals surface area contributed by atoms with Crippen molar-refractivity contribution < 1.29 is 19.5 Å². The number of aliphatic hydroxyl groups excluding tert-OH is 1. The van der Waals surface area contributed by atoms with Gasteiger partial charge in [0.15, 0.2) is 0 Å². The molecular formula is C19H24N2O4. The lowest BCUT2D eigenvalue weighted by Crippen LogP contribution is -2.41. The van der Waals surface area contributed by atoms with Crippen LogP contribution in [0.25, 0.3) is 0 Å². The molecule has 3 atom stereocenters. The Balaban J connectivity index is 1.65. The first kappa shape index (κ1) is 17.6. The van der Waals surface area contributed by atoms with Crippen molar-refractivity contribution in [2.45, 2.75) is 32.7 Å². The summed E-state index contributed by atoms with van der Waals surface area (Å²) in [6.45, 7) is 5.00. The van der Waals surface area contributed by atoms with Crippen molar-refractivity contribution in [2.75, 3.05) is 19.7 Å². The second kappa shape index (κ2) is 6.96. The molecule has 1 fully saturated rings. The van der Waals surface area contributed by atoms with Crippen LogP contribution in [0.1, 0.15) is 47.4 Å². The average Bonchev–Trinajstić information content (AvgIpc) is 3.18. The minimum atomic E-state index is -0.345. The van der Waals surface area contributed by atoms with Crippen molar-refractivity contribution in [2.24, 2.45) is 11.8 Å². The molecule has 0 saturated carbocycles. The minimum Gasteiger partial charge on any atom is -0.396 e. The summed E-state index contributed by atoms with van der Waals surface area (Å²) >= 11 is 0. The molecule has 6 heteroatoms. The number of amides is 3. The molecule has 1 aromatic rings. The van der Waals surface area contributed by atoms with Crippen molar-refractivity contribution in [1.29, 1.82) is 0 Å². The van der Waals surface area contributed by atoms with Gasteiger partial charge in [-0.05, 0) is 31.9 Å². The van der Waals surface area contributed by atoms with E-state index in [1.807, 2.05) is 13.8 Å². The second-order valence-electron chi connectivity index (χ2n) is 7.13. The van der Waals surface area contributed by atoms with Gasteiger partial charge in [-0.25, -0.2) is 0 Å². The smallest absolute Gasteiger partial charge is 0.261 e. The Bertz CT molecular complexity index is 667. The van der Waals surface area contributed by atoms with Crippen LogP contribution in [-0.4, -0.2) is 58.4 Å². The summed E-state index contributed by atoms with van der Waals surface area (Å²) in [7, 11) is 0. The lowest BCUT2D eigenvalue weighted by molar-refractivity contribution is -0.134. The minimum absolute atomic E-state index is 0.0272. The van der Waals surface area contributed by atoms with Crippen molar-refractivity contribution in [3.8, 4) is 0 Å². The number of likely N-dealkylation sites (tertiary alicyclic amines) is 1. The summed E-state index contributed by atoms with van der Waals surface area (Å²) in [6.07, 6.45) is 1.26. The van der Waals surface area contributed by atoms with E-state index in [4.69, 9.17) is 0 Å². The molecule has 2 unspecified atom stereocenters. The zero-order valence-corrected chi connectivity index (χ0v) is 14.6. The van der Waals surface area contributed by atoms with Gasteiger partial charge in [-0.2, -0.15) is 0 Å². The van der Waals surface area contributed by atoms with Crippen LogP contribution in [0.5, 0.6) is 0 Å². The zero-order chi connectivity index (χ0) is 18.1. The highest BCUT2D eigenvalue weighted by atomic mass is 16.3. The van der Waals surface area contributed by atoms with Crippen LogP contribution in [0, 0.1) is 11.8 Å². The van der Waals surface area contributed by atoms with Gasteiger partial charge in [0.2, 0.25) is 5.91 Å². The molecule has 2 heterocycles. The van der Waals surface area contributed by atoms with Crippen molar-refractivity contribution in [1.82, 2.24) is 9.80 Å². The van der Waals surface area contributed by atoms with Gasteiger partial charge in [-0.1, -0.05) is 19.1 Å². The summed E-state index contributed by atoms with van der Waals surface area (Å²) in [4.78, 5) is 40.7. The quantitative estimate of drug-likeness (QED) is 0.822. The maximum atomic E-state index is 12.6. The van der Waals surface area contributed by atoms with E-state index in [0.717, 1.165) is 6.42 Å². The molecule has 3 rings (SSSR count). The molecule has 0 spiro atoms. The van der Waals surface area contributed by atoms with Crippen LogP contribution in [-0.2, 0) is 4.79 Å². The fourth-order valence-corrected chi connectivity index (χ4v) is 3.82. The Kier molecular flexibility index (Phi) is 4.90. The van der Waals surface area contributed by atoms with Gasteiger partial charge < -0.3 is 10.0 Å². The second-order valence-corrected chi connectivity index (χ2v) is 7.13. The van der Waals surface area contributed by atoms with E-state index >= 15 is 0 Å². The van der Waals surface area contributed by atoms with E-state index < -0.39 is 0 Å². The third kappa shape index (κ3) is 3.18. The van der Waals surface area contributed by atoms with Crippen molar-refractivity contribution in [3.63, 3.8) is 0 Å². The molecule has 0 radical (unpaired) electrons. The van der Waals surface area contributed by atoms with E-state index in [2.05, 4.69) is 0 Å².